The lowest BCUT2D eigenvalue weighted by Gasteiger charge is -2.22. The van der Waals surface area contributed by atoms with Crippen molar-refractivity contribution in [2.45, 2.75) is 49.7 Å². The second-order valence-corrected chi connectivity index (χ2v) is 5.92. The van der Waals surface area contributed by atoms with Gasteiger partial charge in [0, 0.05) is 26.1 Å². The minimum atomic E-state index is -0.0656. The molecule has 2 amide bonds. The minimum absolute atomic E-state index is 0.0656. The highest BCUT2D eigenvalue weighted by atomic mass is 32.2. The molecule has 112 valence electrons. The maximum Gasteiger partial charge on any atom is 0.315 e. The predicted molar refractivity (Wildman–Crippen MR) is 79.9 cm³/mol. The zero-order valence-corrected chi connectivity index (χ0v) is 13.0. The molecule has 2 rings (SSSR count). The maximum atomic E-state index is 11.8. The van der Waals surface area contributed by atoms with Gasteiger partial charge >= 0.3 is 6.03 Å². The van der Waals surface area contributed by atoms with Crippen molar-refractivity contribution in [1.29, 1.82) is 0 Å². The molecule has 1 saturated carbocycles. The number of thioether (sulfide) groups is 1. The van der Waals surface area contributed by atoms with E-state index in [1.54, 1.807) is 11.8 Å². The van der Waals surface area contributed by atoms with E-state index in [1.165, 1.54) is 19.3 Å². The highest BCUT2D eigenvalue weighted by Gasteiger charge is 2.15. The summed E-state index contributed by atoms with van der Waals surface area (Å²) in [6.45, 7) is 0.582. The zero-order valence-electron chi connectivity index (χ0n) is 12.2. The van der Waals surface area contributed by atoms with E-state index in [1.807, 2.05) is 17.9 Å². The lowest BCUT2D eigenvalue weighted by atomic mass is 9.96. The number of carbonyl (C=O) groups is 1. The fraction of sp³-hybridized carbons (Fsp3) is 0.769. The van der Waals surface area contributed by atoms with Gasteiger partial charge in [0.2, 0.25) is 0 Å². The van der Waals surface area contributed by atoms with Crippen LogP contribution in [0.15, 0.2) is 5.16 Å². The zero-order chi connectivity index (χ0) is 14.4. The number of amides is 2. The Labute approximate surface area is 124 Å². The lowest BCUT2D eigenvalue weighted by molar-refractivity contribution is 0.232. The summed E-state index contributed by atoms with van der Waals surface area (Å²) in [5.41, 5.74) is 0. The molecule has 0 saturated heterocycles. The number of nitrogens with zero attached hydrogens (tertiary/aromatic N) is 3. The molecular formula is C13H23N5OS. The van der Waals surface area contributed by atoms with E-state index >= 15 is 0 Å². The summed E-state index contributed by atoms with van der Waals surface area (Å²) in [6.07, 6.45) is 8.62. The van der Waals surface area contributed by atoms with Gasteiger partial charge in [0.1, 0.15) is 5.82 Å². The Kier molecular flexibility index (Phi) is 5.70. The third-order valence-corrected chi connectivity index (χ3v) is 4.40. The number of rotatable bonds is 5. The maximum absolute atomic E-state index is 11.8. The van der Waals surface area contributed by atoms with Gasteiger partial charge in [-0.05, 0) is 19.1 Å². The third kappa shape index (κ3) is 4.13. The van der Waals surface area contributed by atoms with Crippen LogP contribution in [-0.2, 0) is 13.5 Å². The molecular weight excluding hydrogens is 274 g/mol. The van der Waals surface area contributed by atoms with Crippen molar-refractivity contribution in [3.05, 3.63) is 5.82 Å². The van der Waals surface area contributed by atoms with Gasteiger partial charge < -0.3 is 15.2 Å². The molecule has 1 aliphatic rings. The van der Waals surface area contributed by atoms with E-state index in [-0.39, 0.29) is 6.03 Å². The van der Waals surface area contributed by atoms with Crippen LogP contribution in [0.1, 0.15) is 37.9 Å². The van der Waals surface area contributed by atoms with Crippen LogP contribution in [-0.4, -0.2) is 39.6 Å². The van der Waals surface area contributed by atoms with Crippen LogP contribution in [0, 0.1) is 0 Å². The first-order valence-corrected chi connectivity index (χ1v) is 8.40. The van der Waals surface area contributed by atoms with Crippen molar-refractivity contribution >= 4 is 17.8 Å². The molecule has 6 nitrogen and oxygen atoms in total. The first-order chi connectivity index (χ1) is 9.70. The Morgan fingerprint density at radius 3 is 2.75 bits per heavy atom. The molecule has 0 aromatic carbocycles. The molecule has 1 aromatic rings. The molecule has 1 aliphatic carbocycles. The molecule has 20 heavy (non-hydrogen) atoms. The number of urea groups is 1. The fourth-order valence-corrected chi connectivity index (χ4v) is 3.01. The topological polar surface area (TPSA) is 71.8 Å². The number of nitrogens with one attached hydrogen (secondary N) is 2. The number of hydrogen-bond acceptors (Lipinski definition) is 4. The van der Waals surface area contributed by atoms with Crippen LogP contribution >= 0.6 is 11.8 Å². The normalized spacial score (nSPS) is 16.1. The molecule has 7 heteroatoms. The predicted octanol–water partition coefficient (Wildman–Crippen LogP) is 1.71. The van der Waals surface area contributed by atoms with Crippen LogP contribution < -0.4 is 10.6 Å². The lowest BCUT2D eigenvalue weighted by Crippen LogP contribution is -2.43. The van der Waals surface area contributed by atoms with E-state index in [0.717, 1.165) is 23.8 Å². The Morgan fingerprint density at radius 1 is 1.35 bits per heavy atom. The van der Waals surface area contributed by atoms with Gasteiger partial charge in [-0.1, -0.05) is 31.0 Å². The molecule has 1 fully saturated rings. The summed E-state index contributed by atoms with van der Waals surface area (Å²) in [4.78, 5) is 11.8. The molecule has 1 aromatic heterocycles. The standard InChI is InChI=1S/C13H23N5OS/c1-18-11(16-17-13(18)20-2)8-9-14-12(19)15-10-6-4-3-5-7-10/h10H,3-9H2,1-2H3,(H2,14,15,19). The molecule has 0 radical (unpaired) electrons. The van der Waals surface area contributed by atoms with E-state index in [2.05, 4.69) is 20.8 Å². The molecule has 0 bridgehead atoms. The third-order valence-electron chi connectivity index (χ3n) is 3.68. The van der Waals surface area contributed by atoms with Gasteiger partial charge in [0.25, 0.3) is 0 Å². The summed E-state index contributed by atoms with van der Waals surface area (Å²) < 4.78 is 1.96. The van der Waals surface area contributed by atoms with Crippen molar-refractivity contribution in [1.82, 2.24) is 25.4 Å². The number of carbonyl (C=O) groups excluding carboxylic acids is 1. The minimum Gasteiger partial charge on any atom is -0.338 e. The summed E-state index contributed by atoms with van der Waals surface area (Å²) in [5.74, 6) is 0.896. The van der Waals surface area contributed by atoms with Crippen molar-refractivity contribution in [2.75, 3.05) is 12.8 Å². The van der Waals surface area contributed by atoms with Crippen LogP contribution in [0.5, 0.6) is 0 Å². The Hall–Kier alpha value is -1.24. The molecule has 0 atom stereocenters. The first-order valence-electron chi connectivity index (χ1n) is 7.17. The van der Waals surface area contributed by atoms with Crippen LogP contribution in [0.25, 0.3) is 0 Å². The SMILES string of the molecule is CSc1nnc(CCNC(=O)NC2CCCCC2)n1C. The van der Waals surface area contributed by atoms with Gasteiger partial charge in [0.15, 0.2) is 5.16 Å². The average Bonchev–Trinajstić information content (AvgIpc) is 2.81. The second kappa shape index (κ2) is 7.52. The monoisotopic (exact) mass is 297 g/mol. The van der Waals surface area contributed by atoms with Crippen molar-refractivity contribution in [2.24, 2.45) is 7.05 Å². The average molecular weight is 297 g/mol. The summed E-state index contributed by atoms with van der Waals surface area (Å²) >= 11 is 1.57. The van der Waals surface area contributed by atoms with E-state index < -0.39 is 0 Å². The Bertz CT molecular complexity index is 442. The highest BCUT2D eigenvalue weighted by molar-refractivity contribution is 7.98. The Balaban J connectivity index is 1.69. The molecule has 2 N–H and O–H groups in total. The van der Waals surface area contributed by atoms with E-state index in [4.69, 9.17) is 0 Å². The molecule has 0 unspecified atom stereocenters. The summed E-state index contributed by atoms with van der Waals surface area (Å²) in [6, 6.07) is 0.283. The Morgan fingerprint density at radius 2 is 2.10 bits per heavy atom. The van der Waals surface area contributed by atoms with Crippen molar-refractivity contribution in [3.63, 3.8) is 0 Å². The van der Waals surface area contributed by atoms with E-state index in [0.29, 0.717) is 19.0 Å². The second-order valence-electron chi connectivity index (χ2n) is 5.15. The van der Waals surface area contributed by atoms with Crippen LogP contribution in [0.2, 0.25) is 0 Å². The summed E-state index contributed by atoms with van der Waals surface area (Å²) in [7, 11) is 1.95. The smallest absolute Gasteiger partial charge is 0.315 e. The first kappa shape index (κ1) is 15.2. The summed E-state index contributed by atoms with van der Waals surface area (Å²) in [5, 5.41) is 15.0. The van der Waals surface area contributed by atoms with Crippen molar-refractivity contribution in [3.8, 4) is 0 Å². The van der Waals surface area contributed by atoms with Crippen LogP contribution in [0.4, 0.5) is 4.79 Å². The fourth-order valence-electron chi connectivity index (χ4n) is 2.51. The van der Waals surface area contributed by atoms with Crippen molar-refractivity contribution < 1.29 is 4.79 Å². The molecule has 1 heterocycles. The molecule has 0 spiro atoms. The quantitative estimate of drug-likeness (QED) is 0.812. The number of aromatic nitrogens is 3. The highest BCUT2D eigenvalue weighted by Crippen LogP contribution is 2.17. The van der Waals surface area contributed by atoms with E-state index in [9.17, 15) is 4.79 Å². The van der Waals surface area contributed by atoms with Gasteiger partial charge in [0.05, 0.1) is 0 Å². The number of hydrogen-bond donors (Lipinski definition) is 2. The van der Waals surface area contributed by atoms with Gasteiger partial charge in [-0.25, -0.2) is 4.79 Å². The van der Waals surface area contributed by atoms with Crippen LogP contribution in [0.3, 0.4) is 0 Å². The van der Waals surface area contributed by atoms with Gasteiger partial charge in [-0.2, -0.15) is 0 Å². The molecule has 0 aliphatic heterocycles. The van der Waals surface area contributed by atoms with Gasteiger partial charge in [-0.3, -0.25) is 0 Å². The van der Waals surface area contributed by atoms with Gasteiger partial charge in [-0.15, -0.1) is 10.2 Å². The largest absolute Gasteiger partial charge is 0.338 e.